The summed E-state index contributed by atoms with van der Waals surface area (Å²) in [7, 11) is -3.91. The van der Waals surface area contributed by atoms with Crippen molar-refractivity contribution in [1.82, 2.24) is 19.9 Å². The number of rotatable bonds is 12. The average molecular weight is 809 g/mol. The molecule has 4 amide bonds. The van der Waals surface area contributed by atoms with Crippen LogP contribution in [0.5, 0.6) is 11.6 Å². The molecule has 1 aromatic heterocycles. The lowest BCUT2D eigenvalue weighted by Crippen LogP contribution is -3.15. The van der Waals surface area contributed by atoms with Gasteiger partial charge in [-0.25, -0.2) is 18.2 Å². The molecule has 2 aliphatic heterocycles. The van der Waals surface area contributed by atoms with Crippen LogP contribution in [0.4, 0.5) is 4.79 Å². The maximum absolute atomic E-state index is 14.8. The van der Waals surface area contributed by atoms with E-state index >= 15 is 0 Å². The highest BCUT2D eigenvalue weighted by atomic mass is 32.2. The van der Waals surface area contributed by atoms with Crippen LogP contribution in [0.15, 0.2) is 47.7 Å². The molecule has 8 atom stereocenters. The van der Waals surface area contributed by atoms with Crippen molar-refractivity contribution in [3.05, 3.63) is 42.6 Å². The van der Waals surface area contributed by atoms with Gasteiger partial charge in [0.2, 0.25) is 27.9 Å². The van der Waals surface area contributed by atoms with Crippen LogP contribution in [0.3, 0.4) is 0 Å². The topological polar surface area (TPSA) is 193 Å². The van der Waals surface area contributed by atoms with Gasteiger partial charge in [-0.15, -0.1) is 5.01 Å². The molecule has 1 saturated heterocycles. The molecular formula is C41H56N6O9S. The number of ether oxygens (including phenoxy) is 3. The third kappa shape index (κ3) is 9.32. The predicted molar refractivity (Wildman–Crippen MR) is 209 cm³/mol. The number of hydrogen-bond donors (Lipinski definition) is 3. The fraction of sp³-hybridized carbons (Fsp3) is 0.634. The van der Waals surface area contributed by atoms with Crippen molar-refractivity contribution in [2.45, 2.75) is 121 Å². The zero-order chi connectivity index (χ0) is 40.5. The van der Waals surface area contributed by atoms with Crippen molar-refractivity contribution in [3.63, 3.8) is 0 Å². The van der Waals surface area contributed by atoms with Crippen LogP contribution >= 0.6 is 0 Å². The highest BCUT2D eigenvalue weighted by Crippen LogP contribution is 2.46. The molecule has 15 nitrogen and oxygen atoms in total. The Morgan fingerprint density at radius 1 is 1.14 bits per heavy atom. The second-order valence-electron chi connectivity index (χ2n) is 16.9. The number of urea groups is 1. The largest absolute Gasteiger partial charge is 0.596 e. The summed E-state index contributed by atoms with van der Waals surface area (Å²) in [6.07, 6.45) is 10.0. The monoisotopic (exact) mass is 808 g/mol. The van der Waals surface area contributed by atoms with Gasteiger partial charge in [-0.05, 0) is 88.7 Å². The number of allylic oxidation sites excluding steroid dienone is 1. The summed E-state index contributed by atoms with van der Waals surface area (Å²) in [5, 5.41) is 21.3. The van der Waals surface area contributed by atoms with Gasteiger partial charge in [-0.3, -0.25) is 19.2 Å². The first-order valence-electron chi connectivity index (χ1n) is 20.6. The Morgan fingerprint density at radius 2 is 1.89 bits per heavy atom. The van der Waals surface area contributed by atoms with E-state index in [1.165, 1.54) is 4.90 Å². The minimum absolute atomic E-state index is 0.0110. The van der Waals surface area contributed by atoms with Crippen molar-refractivity contribution in [3.8, 4) is 11.6 Å². The molecule has 310 valence electrons. The number of nitrogens with one attached hydrogen (secondary N) is 3. The van der Waals surface area contributed by atoms with Gasteiger partial charge in [0.1, 0.15) is 29.5 Å². The Balaban J connectivity index is 1.21. The minimum Gasteiger partial charge on any atom is -0.596 e. The fourth-order valence-corrected chi connectivity index (χ4v) is 9.53. The molecule has 2 unspecified atom stereocenters. The number of carbonyl (C=O) groups excluding carboxylic acids is 3. The van der Waals surface area contributed by atoms with E-state index in [9.17, 15) is 27.9 Å². The number of sulfonamides is 1. The highest BCUT2D eigenvalue weighted by Gasteiger charge is 2.62. The molecule has 3 aliphatic carbocycles. The Kier molecular flexibility index (Phi) is 12.0. The van der Waals surface area contributed by atoms with Gasteiger partial charge in [0.15, 0.2) is 0 Å². The van der Waals surface area contributed by atoms with E-state index in [1.54, 1.807) is 6.20 Å². The molecule has 3 heterocycles. The number of nitrogens with zero attached hydrogens (tertiary/aromatic N) is 3. The summed E-state index contributed by atoms with van der Waals surface area (Å²) >= 11 is 0. The molecule has 0 radical (unpaired) electrons. The van der Waals surface area contributed by atoms with Crippen LogP contribution in [-0.2, 0) is 24.3 Å². The SMILES string of the molecule is CCCOc1cnc(O[C@@H]2C[C@H]3C(=O)N[C@]4(C(=O)NS(=O)(=O)C5CC5)C[C@H]4/C=C\CC[C@@H](C)C[C@@H](C)[NH+](N=C([O-])OCC(C)C4CC4)C(=O)N3C2)c2ccccc12. The molecule has 0 bridgehead atoms. The third-order valence-corrected chi connectivity index (χ3v) is 13.8. The van der Waals surface area contributed by atoms with Crippen molar-refractivity contribution < 1.29 is 47.1 Å². The number of aromatic nitrogens is 1. The lowest BCUT2D eigenvalue weighted by molar-refractivity contribution is -0.855. The van der Waals surface area contributed by atoms with E-state index in [1.807, 2.05) is 57.2 Å². The number of fused-ring (bicyclic) bond motifs is 3. The van der Waals surface area contributed by atoms with Crippen LogP contribution in [0, 0.1) is 23.7 Å². The normalized spacial score (nSPS) is 30.9. The van der Waals surface area contributed by atoms with E-state index < -0.39 is 68.8 Å². The molecule has 1 aromatic carbocycles. The van der Waals surface area contributed by atoms with Gasteiger partial charge < -0.3 is 24.6 Å². The van der Waals surface area contributed by atoms with Gasteiger partial charge in [-0.1, -0.05) is 56.2 Å². The Bertz CT molecular complexity index is 2000. The first kappa shape index (κ1) is 40.7. The number of quaternary nitrogens is 1. The molecule has 4 fully saturated rings. The number of benzene rings is 1. The summed E-state index contributed by atoms with van der Waals surface area (Å²) in [6, 6.07) is 5.31. The number of amides is 4. The van der Waals surface area contributed by atoms with Crippen LogP contribution in [0.1, 0.15) is 91.9 Å². The molecule has 3 saturated carbocycles. The van der Waals surface area contributed by atoms with Crippen LogP contribution in [0.25, 0.3) is 10.8 Å². The quantitative estimate of drug-likeness (QED) is 0.163. The zero-order valence-corrected chi connectivity index (χ0v) is 34.1. The van der Waals surface area contributed by atoms with E-state index in [-0.39, 0.29) is 42.8 Å². The van der Waals surface area contributed by atoms with Gasteiger partial charge in [-0.2, -0.15) is 0 Å². The molecular weight excluding hydrogens is 753 g/mol. The van der Waals surface area contributed by atoms with Crippen LogP contribution < -0.4 is 29.6 Å². The minimum atomic E-state index is -3.91. The van der Waals surface area contributed by atoms with Crippen molar-refractivity contribution in [2.24, 2.45) is 28.8 Å². The number of hydrogen-bond acceptors (Lipinski definition) is 11. The van der Waals surface area contributed by atoms with Crippen LogP contribution in [-0.4, -0.2) is 91.0 Å². The highest BCUT2D eigenvalue weighted by molar-refractivity contribution is 7.91. The maximum atomic E-state index is 14.8. The number of carbonyl (C=O) groups is 3. The lowest BCUT2D eigenvalue weighted by atomic mass is 9.97. The molecule has 57 heavy (non-hydrogen) atoms. The van der Waals surface area contributed by atoms with Crippen LogP contribution in [0.2, 0.25) is 0 Å². The molecule has 7 rings (SSSR count). The average Bonchev–Trinajstić information content (AvgIpc) is 4.07. The standard InChI is InChI=1S/C41H56N6O9S/c1-5-18-54-35-22-42-37(33-13-9-8-12-32(33)35)56-30-20-34-36(48)43-41(38(49)45-57(52,53)31-16-17-31)21-29(41)11-7-6-10-25(2)19-27(4)47(40(51)46(34)23-30)44-39(50)55-24-26(3)28-14-15-28/h7-9,11-13,22,25-31,34H,5-6,10,14-21,23-24H2,1-4H3,(H,43,48)(H,44,50)(H,45,49)/b11-7-/t25-,26?,27-,29-,30-,34+,41-/m1/s1. The summed E-state index contributed by atoms with van der Waals surface area (Å²) in [5.41, 5.74) is -1.52. The smallest absolute Gasteiger partial charge is 0.445 e. The Labute approximate surface area is 334 Å². The Hall–Kier alpha value is -4.44. The molecule has 0 spiro atoms. The first-order chi connectivity index (χ1) is 27.3. The predicted octanol–water partition coefficient (Wildman–Crippen LogP) is 2.79. The maximum Gasteiger partial charge on any atom is 0.445 e. The summed E-state index contributed by atoms with van der Waals surface area (Å²) in [6.45, 7) is 8.63. The molecule has 3 N–H and O–H groups in total. The van der Waals surface area contributed by atoms with Gasteiger partial charge in [0.25, 0.3) is 5.91 Å². The van der Waals surface area contributed by atoms with Crippen molar-refractivity contribution in [1.29, 1.82) is 0 Å². The second-order valence-corrected chi connectivity index (χ2v) is 18.8. The van der Waals surface area contributed by atoms with E-state index in [2.05, 4.69) is 27.0 Å². The van der Waals surface area contributed by atoms with E-state index in [0.29, 0.717) is 55.2 Å². The summed E-state index contributed by atoms with van der Waals surface area (Å²) < 4.78 is 46.1. The first-order valence-corrected chi connectivity index (χ1v) is 22.1. The lowest BCUT2D eigenvalue weighted by Gasteiger charge is -2.29. The Morgan fingerprint density at radius 3 is 2.61 bits per heavy atom. The van der Waals surface area contributed by atoms with E-state index in [0.717, 1.165) is 31.1 Å². The van der Waals surface area contributed by atoms with Crippen molar-refractivity contribution >= 4 is 44.7 Å². The molecule has 5 aliphatic rings. The van der Waals surface area contributed by atoms with E-state index in [4.69, 9.17) is 14.2 Å². The summed E-state index contributed by atoms with van der Waals surface area (Å²) in [4.78, 5) is 49.1. The summed E-state index contributed by atoms with van der Waals surface area (Å²) in [5.74, 6) is -0.147. The third-order valence-electron chi connectivity index (χ3n) is 12.0. The second kappa shape index (κ2) is 16.8. The molecule has 2 aromatic rings. The van der Waals surface area contributed by atoms with Gasteiger partial charge >= 0.3 is 6.03 Å². The zero-order valence-electron chi connectivity index (χ0n) is 33.3. The number of pyridine rings is 1. The fourth-order valence-electron chi connectivity index (χ4n) is 8.17. The van der Waals surface area contributed by atoms with Gasteiger partial charge in [0.05, 0.1) is 24.6 Å². The molecule has 16 heteroatoms. The van der Waals surface area contributed by atoms with Gasteiger partial charge in [0, 0.05) is 29.5 Å². The van der Waals surface area contributed by atoms with Crippen molar-refractivity contribution in [2.75, 3.05) is 19.8 Å².